The second-order valence-corrected chi connectivity index (χ2v) is 4.77. The minimum absolute atomic E-state index is 0. The molecule has 0 aromatic heterocycles. The molecule has 1 aliphatic heterocycles. The van der Waals surface area contributed by atoms with Gasteiger partial charge in [-0.25, -0.2) is 4.99 Å². The van der Waals surface area contributed by atoms with Crippen molar-refractivity contribution in [3.8, 4) is 0 Å². The molecule has 2 amide bonds. The van der Waals surface area contributed by atoms with Crippen molar-refractivity contribution < 1.29 is 39.1 Å². The van der Waals surface area contributed by atoms with E-state index in [9.17, 15) is 9.59 Å². The molecule has 0 saturated carbocycles. The van der Waals surface area contributed by atoms with Gasteiger partial charge in [-0.1, -0.05) is 32.9 Å². The Morgan fingerprint density at radius 1 is 1.39 bits per heavy atom. The first kappa shape index (κ1) is 17.8. The number of allylic oxidation sites excluding steroid dienone is 2. The zero-order valence-electron chi connectivity index (χ0n) is 11.3. The smallest absolute Gasteiger partial charge is 0.742 e. The van der Waals surface area contributed by atoms with E-state index in [0.29, 0.717) is 6.42 Å². The minimum atomic E-state index is -1.10. The fourth-order valence-corrected chi connectivity index (χ4v) is 2.06. The fraction of sp³-hybridized carbons (Fsp3) is 0.583. The summed E-state index contributed by atoms with van der Waals surface area (Å²) in [6.45, 7) is 5.70. The SMILES string of the molecule is CCC=CCC1(C(C)C)C(=O)N=C([S-])NC1=O.[Na+]. The van der Waals surface area contributed by atoms with Crippen molar-refractivity contribution in [1.29, 1.82) is 0 Å². The van der Waals surface area contributed by atoms with Crippen LogP contribution in [0, 0.1) is 11.3 Å². The molecule has 4 nitrogen and oxygen atoms in total. The van der Waals surface area contributed by atoms with Crippen LogP contribution in [0.15, 0.2) is 17.1 Å². The van der Waals surface area contributed by atoms with Crippen LogP contribution in [-0.2, 0) is 22.2 Å². The summed E-state index contributed by atoms with van der Waals surface area (Å²) in [7, 11) is 0. The first-order valence-corrected chi connectivity index (χ1v) is 6.12. The minimum Gasteiger partial charge on any atom is -0.742 e. The fourth-order valence-electron chi connectivity index (χ4n) is 1.89. The molecule has 1 N–H and O–H groups in total. The maximum Gasteiger partial charge on any atom is 1.00 e. The van der Waals surface area contributed by atoms with E-state index in [-0.39, 0.29) is 46.6 Å². The summed E-state index contributed by atoms with van der Waals surface area (Å²) >= 11 is 4.75. The Bertz CT molecular complexity index is 394. The van der Waals surface area contributed by atoms with Crippen LogP contribution in [0.3, 0.4) is 0 Å². The molecule has 0 bridgehead atoms. The Kier molecular flexibility index (Phi) is 7.29. The van der Waals surface area contributed by atoms with Crippen molar-refractivity contribution >= 4 is 29.6 Å². The third-order valence-corrected chi connectivity index (χ3v) is 3.23. The average Bonchev–Trinajstić information content (AvgIpc) is 2.21. The number of aliphatic imine (C=N–C) groups is 1. The van der Waals surface area contributed by atoms with Crippen molar-refractivity contribution in [1.82, 2.24) is 5.32 Å². The predicted molar refractivity (Wildman–Crippen MR) is 69.3 cm³/mol. The molecule has 1 unspecified atom stereocenters. The molecule has 0 aliphatic carbocycles. The third kappa shape index (κ3) is 3.41. The van der Waals surface area contributed by atoms with Gasteiger partial charge in [-0.3, -0.25) is 9.59 Å². The summed E-state index contributed by atoms with van der Waals surface area (Å²) in [5.74, 6) is -0.886. The van der Waals surface area contributed by atoms with Crippen molar-refractivity contribution in [2.24, 2.45) is 16.3 Å². The van der Waals surface area contributed by atoms with E-state index in [2.05, 4.69) is 10.3 Å². The van der Waals surface area contributed by atoms with Gasteiger partial charge in [-0.2, -0.15) is 0 Å². The summed E-state index contributed by atoms with van der Waals surface area (Å²) in [6, 6.07) is 0. The summed E-state index contributed by atoms with van der Waals surface area (Å²) in [4.78, 5) is 27.8. The number of amides is 2. The van der Waals surface area contributed by atoms with E-state index in [1.165, 1.54) is 0 Å². The van der Waals surface area contributed by atoms with Crippen LogP contribution in [-0.4, -0.2) is 17.0 Å². The molecule has 0 saturated heterocycles. The predicted octanol–water partition coefficient (Wildman–Crippen LogP) is -1.45. The molecule has 94 valence electrons. The maximum atomic E-state index is 12.1. The molecule has 0 fully saturated rings. The van der Waals surface area contributed by atoms with Crippen molar-refractivity contribution in [3.05, 3.63) is 12.2 Å². The van der Waals surface area contributed by atoms with Gasteiger partial charge in [0.2, 0.25) is 5.91 Å². The molecule has 1 atom stereocenters. The van der Waals surface area contributed by atoms with Crippen LogP contribution < -0.4 is 34.9 Å². The number of carbonyl (C=O) groups excluding carboxylic acids is 2. The van der Waals surface area contributed by atoms with E-state index < -0.39 is 11.3 Å². The Hall–Kier alpha value is -0.230. The Morgan fingerprint density at radius 3 is 2.44 bits per heavy atom. The molecular weight excluding hydrogens is 259 g/mol. The van der Waals surface area contributed by atoms with Crippen LogP contribution in [0.25, 0.3) is 0 Å². The second kappa shape index (κ2) is 7.38. The number of hydrogen-bond acceptors (Lipinski definition) is 3. The van der Waals surface area contributed by atoms with Gasteiger partial charge in [0.25, 0.3) is 5.91 Å². The van der Waals surface area contributed by atoms with Crippen LogP contribution >= 0.6 is 0 Å². The summed E-state index contributed by atoms with van der Waals surface area (Å²) < 4.78 is 0. The van der Waals surface area contributed by atoms with Gasteiger partial charge in [0.1, 0.15) is 5.41 Å². The van der Waals surface area contributed by atoms with Gasteiger partial charge in [0.05, 0.1) is 0 Å². The molecule has 1 rings (SSSR count). The van der Waals surface area contributed by atoms with Crippen LogP contribution in [0.2, 0.25) is 0 Å². The quantitative estimate of drug-likeness (QED) is 0.296. The number of rotatable bonds is 4. The Labute approximate surface area is 135 Å². The van der Waals surface area contributed by atoms with E-state index >= 15 is 0 Å². The van der Waals surface area contributed by atoms with Gasteiger partial charge >= 0.3 is 29.6 Å². The zero-order valence-corrected chi connectivity index (χ0v) is 14.1. The normalized spacial score (nSPS) is 23.9. The topological polar surface area (TPSA) is 58.5 Å². The van der Waals surface area contributed by atoms with Gasteiger partial charge in [-0.15, -0.1) is 0 Å². The van der Waals surface area contributed by atoms with Crippen molar-refractivity contribution in [3.63, 3.8) is 0 Å². The molecule has 0 aromatic rings. The van der Waals surface area contributed by atoms with Crippen molar-refractivity contribution in [2.45, 2.75) is 33.6 Å². The standard InChI is InChI=1S/C12H18N2O2S.Na/c1-4-5-6-7-12(8(2)3)9(15)13-11(17)14-10(12)16;/h5-6,8H,4,7H2,1-3H3,(H2,13,14,15,16,17);/q;+1/p-1. The Morgan fingerprint density at radius 2 is 2.00 bits per heavy atom. The molecule has 1 heterocycles. The number of hydrogen-bond donors (Lipinski definition) is 1. The summed E-state index contributed by atoms with van der Waals surface area (Å²) in [6.07, 6.45) is 5.05. The number of nitrogens with one attached hydrogen (secondary N) is 1. The molecule has 0 radical (unpaired) electrons. The monoisotopic (exact) mass is 276 g/mol. The summed E-state index contributed by atoms with van der Waals surface area (Å²) in [5, 5.41) is 2.45. The summed E-state index contributed by atoms with van der Waals surface area (Å²) in [5.41, 5.74) is -1.10. The van der Waals surface area contributed by atoms with Gasteiger partial charge in [0.15, 0.2) is 0 Å². The van der Waals surface area contributed by atoms with E-state index in [1.54, 1.807) is 0 Å². The average molecular weight is 276 g/mol. The number of carbonyl (C=O) groups is 2. The van der Waals surface area contributed by atoms with Gasteiger partial charge in [0, 0.05) is 0 Å². The molecule has 0 spiro atoms. The van der Waals surface area contributed by atoms with Gasteiger partial charge in [-0.05, 0) is 23.9 Å². The largest absolute Gasteiger partial charge is 1.00 e. The number of nitrogens with zero attached hydrogens (tertiary/aromatic N) is 1. The van der Waals surface area contributed by atoms with Crippen LogP contribution in [0.1, 0.15) is 33.6 Å². The second-order valence-electron chi connectivity index (χ2n) is 4.39. The third-order valence-electron chi connectivity index (χ3n) is 3.04. The van der Waals surface area contributed by atoms with Crippen LogP contribution in [0.5, 0.6) is 0 Å². The number of amidine groups is 1. The molecule has 1 aliphatic rings. The molecular formula is C12H17N2NaO2S. The molecule has 0 aromatic carbocycles. The Balaban J connectivity index is 0.00000289. The zero-order chi connectivity index (χ0) is 13.1. The van der Waals surface area contributed by atoms with E-state index in [0.717, 1.165) is 6.42 Å². The molecule has 18 heavy (non-hydrogen) atoms. The first-order valence-electron chi connectivity index (χ1n) is 5.71. The first-order chi connectivity index (χ1) is 7.95. The van der Waals surface area contributed by atoms with E-state index in [1.807, 2.05) is 32.9 Å². The van der Waals surface area contributed by atoms with Crippen molar-refractivity contribution in [2.75, 3.05) is 0 Å². The maximum absolute atomic E-state index is 12.1. The molecule has 6 heteroatoms. The van der Waals surface area contributed by atoms with Gasteiger partial charge < -0.3 is 17.9 Å². The van der Waals surface area contributed by atoms with Crippen LogP contribution in [0.4, 0.5) is 0 Å². The van der Waals surface area contributed by atoms with E-state index in [4.69, 9.17) is 12.6 Å².